The lowest BCUT2D eigenvalue weighted by atomic mass is 9.84. The summed E-state index contributed by atoms with van der Waals surface area (Å²) in [5.74, 6) is -0.874. The lowest BCUT2D eigenvalue weighted by molar-refractivity contribution is -0.142. The number of carbonyl (C=O) groups is 2. The van der Waals surface area contributed by atoms with Crippen LogP contribution in [0.3, 0.4) is 0 Å². The van der Waals surface area contributed by atoms with Gasteiger partial charge in [0.1, 0.15) is 0 Å². The fourth-order valence-corrected chi connectivity index (χ4v) is 1.74. The van der Waals surface area contributed by atoms with Gasteiger partial charge in [-0.2, -0.15) is 0 Å². The van der Waals surface area contributed by atoms with Gasteiger partial charge in [0.2, 0.25) is 0 Å². The molecule has 0 saturated heterocycles. The highest BCUT2D eigenvalue weighted by molar-refractivity contribution is 5.75. The fourth-order valence-electron chi connectivity index (χ4n) is 1.74. The van der Waals surface area contributed by atoms with Crippen LogP contribution in [0.1, 0.15) is 47.5 Å². The van der Waals surface area contributed by atoms with Crippen molar-refractivity contribution in [3.63, 3.8) is 0 Å². The Hall–Kier alpha value is -1.26. The molecule has 0 aromatic heterocycles. The molecule has 0 aliphatic carbocycles. The number of urea groups is 1. The zero-order valence-electron chi connectivity index (χ0n) is 12.7. The van der Waals surface area contributed by atoms with Crippen LogP contribution in [0.4, 0.5) is 4.79 Å². The molecule has 1 unspecified atom stereocenters. The molecule has 0 spiro atoms. The number of carboxylic acids is 1. The van der Waals surface area contributed by atoms with E-state index in [0.29, 0.717) is 18.9 Å². The van der Waals surface area contributed by atoms with E-state index >= 15 is 0 Å². The Morgan fingerprint density at radius 3 is 2.16 bits per heavy atom. The van der Waals surface area contributed by atoms with Crippen molar-refractivity contribution in [2.75, 3.05) is 13.1 Å². The topological polar surface area (TPSA) is 78.4 Å². The standard InChI is InChI=1S/C14H28N2O3/c1-10(2)6-7-15-13(19)16-9-11(12(17)18)8-14(3,4)5/h10-11H,6-9H2,1-5H3,(H,17,18)(H2,15,16,19). The van der Waals surface area contributed by atoms with E-state index in [1.54, 1.807) is 0 Å². The number of hydrogen-bond acceptors (Lipinski definition) is 2. The normalized spacial score (nSPS) is 13.2. The first-order valence-electron chi connectivity index (χ1n) is 6.86. The van der Waals surface area contributed by atoms with Crippen molar-refractivity contribution in [1.29, 1.82) is 0 Å². The van der Waals surface area contributed by atoms with Crippen molar-refractivity contribution in [3.05, 3.63) is 0 Å². The predicted molar refractivity (Wildman–Crippen MR) is 76.1 cm³/mol. The van der Waals surface area contributed by atoms with Crippen LogP contribution >= 0.6 is 0 Å². The summed E-state index contributed by atoms with van der Waals surface area (Å²) in [5.41, 5.74) is -0.0706. The third-order valence-electron chi connectivity index (χ3n) is 2.72. The molecule has 0 saturated carbocycles. The molecule has 0 rings (SSSR count). The molecule has 19 heavy (non-hydrogen) atoms. The predicted octanol–water partition coefficient (Wildman–Crippen LogP) is 2.47. The third-order valence-corrected chi connectivity index (χ3v) is 2.72. The molecule has 5 nitrogen and oxygen atoms in total. The van der Waals surface area contributed by atoms with E-state index in [9.17, 15) is 9.59 Å². The molecule has 0 bridgehead atoms. The van der Waals surface area contributed by atoms with Crippen molar-refractivity contribution >= 4 is 12.0 Å². The number of aliphatic carboxylic acids is 1. The summed E-state index contributed by atoms with van der Waals surface area (Å²) < 4.78 is 0. The van der Waals surface area contributed by atoms with Gasteiger partial charge in [0.25, 0.3) is 0 Å². The molecular formula is C14H28N2O3. The minimum Gasteiger partial charge on any atom is -0.481 e. The van der Waals surface area contributed by atoms with Crippen molar-refractivity contribution in [3.8, 4) is 0 Å². The molecule has 2 amide bonds. The first-order chi connectivity index (χ1) is 8.61. The SMILES string of the molecule is CC(C)CCNC(=O)NCC(CC(C)(C)C)C(=O)O. The summed E-state index contributed by atoms with van der Waals surface area (Å²) in [4.78, 5) is 22.6. The molecule has 5 heteroatoms. The molecule has 0 fully saturated rings. The zero-order valence-corrected chi connectivity index (χ0v) is 12.7. The molecule has 112 valence electrons. The second-order valence-corrected chi connectivity index (χ2v) is 6.62. The summed E-state index contributed by atoms with van der Waals surface area (Å²) in [6.07, 6.45) is 1.45. The van der Waals surface area contributed by atoms with Gasteiger partial charge < -0.3 is 15.7 Å². The van der Waals surface area contributed by atoms with E-state index in [0.717, 1.165) is 6.42 Å². The van der Waals surface area contributed by atoms with Crippen LogP contribution < -0.4 is 10.6 Å². The van der Waals surface area contributed by atoms with Crippen molar-refractivity contribution in [2.45, 2.75) is 47.5 Å². The van der Waals surface area contributed by atoms with Gasteiger partial charge in [0.05, 0.1) is 5.92 Å². The lowest BCUT2D eigenvalue weighted by Crippen LogP contribution is -2.41. The lowest BCUT2D eigenvalue weighted by Gasteiger charge is -2.23. The molecule has 1 atom stereocenters. The molecule has 3 N–H and O–H groups in total. The Morgan fingerprint density at radius 1 is 1.16 bits per heavy atom. The molecular weight excluding hydrogens is 244 g/mol. The number of hydrogen-bond donors (Lipinski definition) is 3. The minimum atomic E-state index is -0.864. The maximum absolute atomic E-state index is 11.5. The van der Waals surface area contributed by atoms with Gasteiger partial charge in [-0.05, 0) is 24.2 Å². The third kappa shape index (κ3) is 10.4. The van der Waals surface area contributed by atoms with Crippen molar-refractivity contribution in [1.82, 2.24) is 10.6 Å². The number of carboxylic acid groups (broad SMARTS) is 1. The fraction of sp³-hybridized carbons (Fsp3) is 0.857. The van der Waals surface area contributed by atoms with Crippen molar-refractivity contribution in [2.24, 2.45) is 17.3 Å². The second-order valence-electron chi connectivity index (χ2n) is 6.62. The molecule has 0 aromatic rings. The minimum absolute atomic E-state index is 0.0706. The Bertz CT molecular complexity index is 296. The van der Waals surface area contributed by atoms with Gasteiger partial charge in [-0.1, -0.05) is 34.6 Å². The number of rotatable bonds is 7. The molecule has 0 radical (unpaired) electrons. The summed E-state index contributed by atoms with van der Waals surface area (Å²) in [6.45, 7) is 10.9. The quantitative estimate of drug-likeness (QED) is 0.666. The van der Waals surface area contributed by atoms with Gasteiger partial charge in [-0.15, -0.1) is 0 Å². The van der Waals surface area contributed by atoms with E-state index in [2.05, 4.69) is 24.5 Å². The van der Waals surface area contributed by atoms with E-state index in [1.807, 2.05) is 20.8 Å². The Labute approximate surface area is 116 Å². The van der Waals surface area contributed by atoms with Crippen LogP contribution in [0.5, 0.6) is 0 Å². The molecule has 0 aliphatic heterocycles. The summed E-state index contributed by atoms with van der Waals surface area (Å²) in [6, 6.07) is -0.291. The monoisotopic (exact) mass is 272 g/mol. The van der Waals surface area contributed by atoms with Crippen LogP contribution in [0, 0.1) is 17.3 Å². The highest BCUT2D eigenvalue weighted by atomic mass is 16.4. The molecule has 0 aromatic carbocycles. The molecule has 0 heterocycles. The molecule has 0 aliphatic rings. The smallest absolute Gasteiger partial charge is 0.314 e. The van der Waals surface area contributed by atoms with Crippen LogP contribution in [0.15, 0.2) is 0 Å². The second kappa shape index (κ2) is 8.02. The van der Waals surface area contributed by atoms with Crippen LogP contribution in [0.2, 0.25) is 0 Å². The number of amides is 2. The number of carbonyl (C=O) groups excluding carboxylic acids is 1. The van der Waals surface area contributed by atoms with Crippen molar-refractivity contribution < 1.29 is 14.7 Å². The van der Waals surface area contributed by atoms with Crippen LogP contribution in [-0.4, -0.2) is 30.2 Å². The highest BCUT2D eigenvalue weighted by Crippen LogP contribution is 2.24. The zero-order chi connectivity index (χ0) is 15.1. The average molecular weight is 272 g/mol. The van der Waals surface area contributed by atoms with Crippen LogP contribution in [0.25, 0.3) is 0 Å². The summed E-state index contributed by atoms with van der Waals surface area (Å²) >= 11 is 0. The van der Waals surface area contributed by atoms with Gasteiger partial charge in [0.15, 0.2) is 0 Å². The largest absolute Gasteiger partial charge is 0.481 e. The maximum atomic E-state index is 11.5. The number of nitrogens with one attached hydrogen (secondary N) is 2. The first kappa shape index (κ1) is 17.7. The summed E-state index contributed by atoms with van der Waals surface area (Å²) in [5, 5.41) is 14.5. The highest BCUT2D eigenvalue weighted by Gasteiger charge is 2.24. The van der Waals surface area contributed by atoms with E-state index < -0.39 is 11.9 Å². The van der Waals surface area contributed by atoms with E-state index in [4.69, 9.17) is 5.11 Å². The van der Waals surface area contributed by atoms with E-state index in [1.165, 1.54) is 0 Å². The van der Waals surface area contributed by atoms with Gasteiger partial charge in [-0.3, -0.25) is 4.79 Å². The summed E-state index contributed by atoms with van der Waals surface area (Å²) in [7, 11) is 0. The van der Waals surface area contributed by atoms with Crippen LogP contribution in [-0.2, 0) is 4.79 Å². The Balaban J connectivity index is 4.05. The van der Waals surface area contributed by atoms with Gasteiger partial charge >= 0.3 is 12.0 Å². The van der Waals surface area contributed by atoms with E-state index in [-0.39, 0.29) is 18.0 Å². The Kier molecular flexibility index (Phi) is 7.49. The maximum Gasteiger partial charge on any atom is 0.314 e. The van der Waals surface area contributed by atoms with Gasteiger partial charge in [-0.25, -0.2) is 4.79 Å². The average Bonchev–Trinajstić information content (AvgIpc) is 2.21. The van der Waals surface area contributed by atoms with Gasteiger partial charge in [0, 0.05) is 13.1 Å². The first-order valence-corrected chi connectivity index (χ1v) is 6.86. The Morgan fingerprint density at radius 2 is 1.74 bits per heavy atom.